The molecule has 5 N–H and O–H groups in total. The maximum atomic E-state index is 13.0. The fraction of sp³-hybridized carbons (Fsp3) is 0.333. The molecule has 13 heteroatoms. The molecule has 1 atom stereocenters. The van der Waals surface area contributed by atoms with Crippen LogP contribution in [0.2, 0.25) is 0 Å². The van der Waals surface area contributed by atoms with Gasteiger partial charge in [0.2, 0.25) is 5.91 Å². The van der Waals surface area contributed by atoms with Gasteiger partial charge in [-0.15, -0.1) is 0 Å². The lowest BCUT2D eigenvalue weighted by Gasteiger charge is -2.32. The van der Waals surface area contributed by atoms with Gasteiger partial charge in [-0.05, 0) is 36.8 Å². The van der Waals surface area contributed by atoms with Gasteiger partial charge in [-0.3, -0.25) is 9.59 Å². The van der Waals surface area contributed by atoms with Crippen molar-refractivity contribution < 1.29 is 46.1 Å². The van der Waals surface area contributed by atoms with Gasteiger partial charge in [0.05, 0.1) is 0 Å². The Morgan fingerprint density at radius 3 is 2.06 bits per heavy atom. The van der Waals surface area contributed by atoms with Crippen LogP contribution in [0.3, 0.4) is 0 Å². The number of likely N-dealkylation sites (N-methyl/N-ethyl adjacent to an activating group) is 1. The lowest BCUT2D eigenvalue weighted by atomic mass is 9.92. The second-order valence-corrected chi connectivity index (χ2v) is 7.16. The molecule has 0 aliphatic rings. The van der Waals surface area contributed by atoms with Crippen LogP contribution in [0, 0.1) is 0 Å². The van der Waals surface area contributed by atoms with Gasteiger partial charge in [0.1, 0.15) is 6.10 Å². The Balaban J connectivity index is 2.10. The van der Waals surface area contributed by atoms with Crippen molar-refractivity contribution in [3.8, 4) is 0 Å². The highest BCUT2D eigenvalue weighted by Gasteiger charge is 2.71. The van der Waals surface area contributed by atoms with Gasteiger partial charge < -0.3 is 26.2 Å². The molecule has 2 amide bonds. The van der Waals surface area contributed by atoms with Crippen LogP contribution in [0.5, 0.6) is 0 Å². The number of amides is 2. The zero-order chi connectivity index (χ0) is 25.7. The third-order valence-corrected chi connectivity index (χ3v) is 4.79. The van der Waals surface area contributed by atoms with Crippen molar-refractivity contribution in [1.29, 1.82) is 0 Å². The van der Waals surface area contributed by atoms with Gasteiger partial charge >= 0.3 is 12.4 Å². The van der Waals surface area contributed by atoms with Gasteiger partial charge in [0.25, 0.3) is 11.5 Å². The summed E-state index contributed by atoms with van der Waals surface area (Å²) < 4.78 is 77.9. The van der Waals surface area contributed by atoms with Crippen LogP contribution in [0.4, 0.5) is 37.7 Å². The zero-order valence-corrected chi connectivity index (χ0v) is 17.6. The van der Waals surface area contributed by atoms with Crippen molar-refractivity contribution in [2.45, 2.75) is 30.5 Å². The minimum absolute atomic E-state index is 0.00609. The fourth-order valence-electron chi connectivity index (χ4n) is 2.91. The number of hydrogen-bond donors (Lipinski definition) is 5. The normalized spacial score (nSPS) is 13.2. The third kappa shape index (κ3) is 5.97. The molecule has 2 rings (SSSR count). The van der Waals surface area contributed by atoms with E-state index in [2.05, 4.69) is 16.0 Å². The maximum Gasteiger partial charge on any atom is 0.430 e. The molecule has 0 saturated carbocycles. The number of carbonyl (C=O) groups excluding carboxylic acids is 2. The van der Waals surface area contributed by atoms with Crippen molar-refractivity contribution in [2.24, 2.45) is 0 Å². The lowest BCUT2D eigenvalue weighted by molar-refractivity contribution is -0.376. The summed E-state index contributed by atoms with van der Waals surface area (Å²) in [7, 11) is 1.35. The molecule has 0 heterocycles. The van der Waals surface area contributed by atoms with Crippen LogP contribution >= 0.6 is 0 Å². The summed E-state index contributed by atoms with van der Waals surface area (Å²) in [5.41, 5.74) is -5.86. The van der Waals surface area contributed by atoms with Crippen molar-refractivity contribution in [2.75, 3.05) is 18.9 Å². The maximum absolute atomic E-state index is 13.0. The Bertz CT molecular complexity index is 995. The van der Waals surface area contributed by atoms with Crippen LogP contribution < -0.4 is 16.0 Å². The minimum atomic E-state index is -5.99. The van der Waals surface area contributed by atoms with Crippen molar-refractivity contribution in [3.63, 3.8) is 0 Å². The highest BCUT2D eigenvalue weighted by atomic mass is 19.4. The molecule has 34 heavy (non-hydrogen) atoms. The number of halogens is 6. The van der Waals surface area contributed by atoms with E-state index in [1.54, 1.807) is 0 Å². The van der Waals surface area contributed by atoms with Gasteiger partial charge in [-0.25, -0.2) is 0 Å². The average Bonchev–Trinajstić information content (AvgIpc) is 2.77. The van der Waals surface area contributed by atoms with Crippen LogP contribution in [-0.2, 0) is 10.4 Å². The molecule has 2 aromatic carbocycles. The van der Waals surface area contributed by atoms with Gasteiger partial charge in [-0.1, -0.05) is 18.2 Å². The quantitative estimate of drug-likeness (QED) is 0.363. The molecule has 2 aromatic rings. The van der Waals surface area contributed by atoms with Gasteiger partial charge in [0.15, 0.2) is 0 Å². The van der Waals surface area contributed by atoms with Gasteiger partial charge in [-0.2, -0.15) is 26.3 Å². The highest BCUT2D eigenvalue weighted by molar-refractivity contribution is 5.95. The fourth-order valence-corrected chi connectivity index (χ4v) is 2.91. The Kier molecular flexibility index (Phi) is 8.16. The molecule has 0 radical (unpaired) electrons. The van der Waals surface area contributed by atoms with E-state index in [0.29, 0.717) is 17.8 Å². The summed E-state index contributed by atoms with van der Waals surface area (Å²) in [6.45, 7) is -0.00609. The predicted octanol–water partition coefficient (Wildman–Crippen LogP) is 2.97. The van der Waals surface area contributed by atoms with E-state index in [1.807, 2.05) is 0 Å². The molecular formula is C21H21F6N3O4. The van der Waals surface area contributed by atoms with E-state index in [1.165, 1.54) is 31.3 Å². The molecule has 0 unspecified atom stereocenters. The third-order valence-electron chi connectivity index (χ3n) is 4.79. The van der Waals surface area contributed by atoms with Crippen molar-refractivity contribution in [3.05, 3.63) is 59.7 Å². The number of aliphatic hydroxyl groups is 2. The summed E-state index contributed by atoms with van der Waals surface area (Å²) in [4.78, 5) is 23.5. The van der Waals surface area contributed by atoms with Crippen molar-refractivity contribution >= 4 is 23.2 Å². The molecule has 0 saturated heterocycles. The number of carbonyl (C=O) groups is 2. The van der Waals surface area contributed by atoms with Crippen LogP contribution in [-0.4, -0.2) is 54.1 Å². The topological polar surface area (TPSA) is 111 Å². The smallest absolute Gasteiger partial charge is 0.383 e. The lowest BCUT2D eigenvalue weighted by Crippen LogP contribution is -2.53. The summed E-state index contributed by atoms with van der Waals surface area (Å²) in [5.74, 6) is -1.14. The molecule has 0 bridgehead atoms. The second-order valence-electron chi connectivity index (χ2n) is 7.16. The Morgan fingerprint density at radius 2 is 1.53 bits per heavy atom. The Labute approximate surface area is 189 Å². The molecule has 0 spiro atoms. The van der Waals surface area contributed by atoms with E-state index >= 15 is 0 Å². The van der Waals surface area contributed by atoms with E-state index in [4.69, 9.17) is 0 Å². The summed E-state index contributed by atoms with van der Waals surface area (Å²) in [6.07, 6.45) is -13.3. The number of rotatable bonds is 8. The van der Waals surface area contributed by atoms with Crippen LogP contribution in [0.15, 0.2) is 48.5 Å². The number of nitrogens with one attached hydrogen (secondary N) is 3. The van der Waals surface area contributed by atoms with Crippen LogP contribution in [0.25, 0.3) is 0 Å². The first-order valence-electron chi connectivity index (χ1n) is 9.72. The van der Waals surface area contributed by atoms with Crippen LogP contribution in [0.1, 0.15) is 22.3 Å². The number of anilines is 2. The molecular weight excluding hydrogens is 472 g/mol. The number of benzene rings is 2. The van der Waals surface area contributed by atoms with E-state index in [0.717, 1.165) is 12.1 Å². The van der Waals surface area contributed by atoms with Gasteiger partial charge in [0, 0.05) is 36.1 Å². The molecule has 0 fully saturated rings. The number of alkyl halides is 6. The SMILES string of the molecule is CNC(=O)[C@H](O)CCNC(=O)c1cccc(Nc2ccc(C(O)(C(F)(F)F)C(F)(F)F)cc2)c1. The summed E-state index contributed by atoms with van der Waals surface area (Å²) in [6, 6.07) is 8.65. The standard InChI is InChI=1S/C21H21F6N3O4/c1-28-18(33)16(31)9-10-29-17(32)12-3-2-4-15(11-12)30-14-7-5-13(6-8-14)19(34,20(22,23)24)21(25,26)27/h2-8,11,16,30-31,34H,9-10H2,1H3,(H,28,33)(H,29,32)/t16-/m1/s1. The van der Waals surface area contributed by atoms with Crippen molar-refractivity contribution in [1.82, 2.24) is 10.6 Å². The first-order valence-corrected chi connectivity index (χ1v) is 9.72. The first kappa shape index (κ1) is 26.9. The number of hydrogen-bond acceptors (Lipinski definition) is 5. The Hall–Kier alpha value is -3.32. The minimum Gasteiger partial charge on any atom is -0.383 e. The molecule has 186 valence electrons. The largest absolute Gasteiger partial charge is 0.430 e. The summed E-state index contributed by atoms with van der Waals surface area (Å²) >= 11 is 0. The molecule has 0 aliphatic heterocycles. The monoisotopic (exact) mass is 493 g/mol. The average molecular weight is 493 g/mol. The Morgan fingerprint density at radius 1 is 0.941 bits per heavy atom. The molecule has 0 aliphatic carbocycles. The first-order chi connectivity index (χ1) is 15.7. The second kappa shape index (κ2) is 10.3. The number of aliphatic hydroxyl groups excluding tert-OH is 1. The van der Waals surface area contributed by atoms with E-state index in [9.17, 15) is 46.1 Å². The predicted molar refractivity (Wildman–Crippen MR) is 109 cm³/mol. The zero-order valence-electron chi connectivity index (χ0n) is 17.6. The molecule has 0 aromatic heterocycles. The van der Waals surface area contributed by atoms with E-state index < -0.39 is 41.4 Å². The van der Waals surface area contributed by atoms with E-state index in [-0.39, 0.29) is 24.2 Å². The highest BCUT2D eigenvalue weighted by Crippen LogP contribution is 2.50. The summed E-state index contributed by atoms with van der Waals surface area (Å²) in [5, 5.41) is 26.5. The molecule has 7 nitrogen and oxygen atoms in total.